The van der Waals surface area contributed by atoms with Crippen LogP contribution in [0.5, 0.6) is 0 Å². The van der Waals surface area contributed by atoms with Gasteiger partial charge >= 0.3 is 0 Å². The highest BCUT2D eigenvalue weighted by atomic mass is 16.5. The average Bonchev–Trinajstić information content (AvgIpc) is 3.16. The molecule has 1 aromatic rings. The third-order valence-electron chi connectivity index (χ3n) is 3.35. The molecule has 2 rings (SSSR count). The predicted octanol–water partition coefficient (Wildman–Crippen LogP) is 3.18. The van der Waals surface area contributed by atoms with E-state index in [4.69, 9.17) is 4.74 Å². The number of rotatable bonds is 7. The van der Waals surface area contributed by atoms with Gasteiger partial charge in [-0.3, -0.25) is 4.79 Å². The molecule has 17 heavy (non-hydrogen) atoms. The molecule has 0 N–H and O–H groups in total. The number of benzene rings is 1. The third kappa shape index (κ3) is 3.40. The Bertz CT molecular complexity index is 358. The van der Waals surface area contributed by atoms with Crippen LogP contribution in [0.15, 0.2) is 30.3 Å². The molecule has 2 heteroatoms. The summed E-state index contributed by atoms with van der Waals surface area (Å²) in [4.78, 5) is 11.9. The van der Waals surface area contributed by atoms with Crippen LogP contribution in [0.1, 0.15) is 37.7 Å². The summed E-state index contributed by atoms with van der Waals surface area (Å²) < 4.78 is 5.24. The van der Waals surface area contributed by atoms with E-state index in [9.17, 15) is 4.79 Å². The van der Waals surface area contributed by atoms with Gasteiger partial charge in [-0.15, -0.1) is 0 Å². The first kappa shape index (κ1) is 12.3. The van der Waals surface area contributed by atoms with E-state index < -0.39 is 0 Å². The summed E-state index contributed by atoms with van der Waals surface area (Å²) in [6.07, 6.45) is 2.58. The summed E-state index contributed by atoms with van der Waals surface area (Å²) >= 11 is 0. The van der Waals surface area contributed by atoms with Crippen LogP contribution in [-0.4, -0.2) is 19.0 Å². The molecule has 0 amide bonds. The number of ketones is 1. The lowest BCUT2D eigenvalue weighted by atomic mass is 10.1. The summed E-state index contributed by atoms with van der Waals surface area (Å²) in [6.45, 7) is 3.43. The van der Waals surface area contributed by atoms with E-state index in [1.165, 1.54) is 5.56 Å². The molecule has 1 saturated carbocycles. The minimum atomic E-state index is 0.277. The highest BCUT2D eigenvalue weighted by Crippen LogP contribution is 2.48. The van der Waals surface area contributed by atoms with Crippen LogP contribution in [0.4, 0.5) is 0 Å². The molecule has 1 aromatic carbocycles. The molecule has 2 nitrogen and oxygen atoms in total. The number of carbonyl (C=O) groups excluding carboxylic acids is 1. The Balaban J connectivity index is 1.73. The van der Waals surface area contributed by atoms with Gasteiger partial charge in [-0.2, -0.15) is 0 Å². The largest absolute Gasteiger partial charge is 0.382 e. The van der Waals surface area contributed by atoms with Crippen molar-refractivity contribution in [3.63, 3.8) is 0 Å². The maximum absolute atomic E-state index is 11.9. The molecule has 0 bridgehead atoms. The minimum absolute atomic E-state index is 0.277. The molecular formula is C15H20O2. The van der Waals surface area contributed by atoms with E-state index in [2.05, 4.69) is 12.1 Å². The van der Waals surface area contributed by atoms with E-state index in [1.807, 2.05) is 25.1 Å². The zero-order valence-electron chi connectivity index (χ0n) is 10.4. The van der Waals surface area contributed by atoms with Crippen LogP contribution >= 0.6 is 0 Å². The van der Waals surface area contributed by atoms with Gasteiger partial charge in [0, 0.05) is 25.6 Å². The van der Waals surface area contributed by atoms with E-state index in [0.29, 0.717) is 24.7 Å². The average molecular weight is 232 g/mol. The fourth-order valence-corrected chi connectivity index (χ4v) is 2.30. The molecule has 2 unspecified atom stereocenters. The van der Waals surface area contributed by atoms with Crippen LogP contribution < -0.4 is 0 Å². The monoisotopic (exact) mass is 232 g/mol. The summed E-state index contributed by atoms with van der Waals surface area (Å²) in [5.41, 5.74) is 1.32. The summed E-state index contributed by atoms with van der Waals surface area (Å²) in [7, 11) is 0. The quantitative estimate of drug-likeness (QED) is 0.675. The fraction of sp³-hybridized carbons (Fsp3) is 0.533. The first-order chi connectivity index (χ1) is 8.33. The van der Waals surface area contributed by atoms with Crippen molar-refractivity contribution in [3.8, 4) is 0 Å². The van der Waals surface area contributed by atoms with Crippen molar-refractivity contribution in [1.29, 1.82) is 0 Å². The predicted molar refractivity (Wildman–Crippen MR) is 68.0 cm³/mol. The lowest BCUT2D eigenvalue weighted by Crippen LogP contribution is -2.04. The molecule has 2 atom stereocenters. The Labute approximate surface area is 103 Å². The molecule has 0 spiro atoms. The molecule has 0 radical (unpaired) electrons. The molecule has 1 aliphatic carbocycles. The van der Waals surface area contributed by atoms with Crippen molar-refractivity contribution in [2.24, 2.45) is 5.92 Å². The summed E-state index contributed by atoms with van der Waals surface area (Å²) in [5, 5.41) is 0. The maximum Gasteiger partial charge on any atom is 0.136 e. The van der Waals surface area contributed by atoms with E-state index in [1.54, 1.807) is 0 Å². The zero-order valence-corrected chi connectivity index (χ0v) is 10.4. The van der Waals surface area contributed by atoms with Crippen molar-refractivity contribution in [1.82, 2.24) is 0 Å². The molecular weight excluding hydrogens is 212 g/mol. The Morgan fingerprint density at radius 2 is 2.12 bits per heavy atom. The highest BCUT2D eigenvalue weighted by Gasteiger charge is 2.42. The molecule has 1 aliphatic rings. The summed E-state index contributed by atoms with van der Waals surface area (Å²) in [5.74, 6) is 1.17. The fourth-order valence-electron chi connectivity index (χ4n) is 2.30. The first-order valence-electron chi connectivity index (χ1n) is 6.48. The van der Waals surface area contributed by atoms with Crippen LogP contribution in [-0.2, 0) is 9.53 Å². The lowest BCUT2D eigenvalue weighted by Gasteiger charge is -2.01. The van der Waals surface area contributed by atoms with Crippen molar-refractivity contribution in [2.75, 3.05) is 13.2 Å². The number of Topliss-reactive ketones (excluding diaryl/α,β-unsaturated/α-hetero) is 1. The zero-order chi connectivity index (χ0) is 12.1. The third-order valence-corrected chi connectivity index (χ3v) is 3.35. The standard InChI is InChI=1S/C15H20O2/c1-2-17-10-6-9-15(16)14-11-13(14)12-7-4-3-5-8-12/h3-5,7-8,13-14H,2,6,9-11H2,1H3. The van der Waals surface area contributed by atoms with Crippen molar-refractivity contribution in [2.45, 2.75) is 32.1 Å². The van der Waals surface area contributed by atoms with E-state index >= 15 is 0 Å². The number of carbonyl (C=O) groups is 1. The second kappa shape index (κ2) is 5.97. The molecule has 0 aliphatic heterocycles. The van der Waals surface area contributed by atoms with Gasteiger partial charge in [0.05, 0.1) is 0 Å². The Kier molecular flexibility index (Phi) is 4.32. The van der Waals surface area contributed by atoms with Gasteiger partial charge in [-0.05, 0) is 31.2 Å². The normalized spacial score (nSPS) is 22.4. The van der Waals surface area contributed by atoms with Gasteiger partial charge in [-0.1, -0.05) is 30.3 Å². The lowest BCUT2D eigenvalue weighted by molar-refractivity contribution is -0.120. The number of hydrogen-bond donors (Lipinski definition) is 0. The topological polar surface area (TPSA) is 26.3 Å². The van der Waals surface area contributed by atoms with Crippen molar-refractivity contribution in [3.05, 3.63) is 35.9 Å². The van der Waals surface area contributed by atoms with Crippen molar-refractivity contribution >= 4 is 5.78 Å². The van der Waals surface area contributed by atoms with Crippen LogP contribution in [0, 0.1) is 5.92 Å². The van der Waals surface area contributed by atoms with Crippen LogP contribution in [0.2, 0.25) is 0 Å². The number of hydrogen-bond acceptors (Lipinski definition) is 2. The van der Waals surface area contributed by atoms with E-state index in [0.717, 1.165) is 19.4 Å². The van der Waals surface area contributed by atoms with Gasteiger partial charge in [0.15, 0.2) is 0 Å². The van der Waals surface area contributed by atoms with Gasteiger partial charge in [0.1, 0.15) is 5.78 Å². The highest BCUT2D eigenvalue weighted by molar-refractivity contribution is 5.84. The second-order valence-corrected chi connectivity index (χ2v) is 4.63. The first-order valence-corrected chi connectivity index (χ1v) is 6.48. The molecule has 0 heterocycles. The smallest absolute Gasteiger partial charge is 0.136 e. The minimum Gasteiger partial charge on any atom is -0.382 e. The van der Waals surface area contributed by atoms with Crippen LogP contribution in [0.25, 0.3) is 0 Å². The van der Waals surface area contributed by atoms with Crippen LogP contribution in [0.3, 0.4) is 0 Å². The summed E-state index contributed by atoms with van der Waals surface area (Å²) in [6, 6.07) is 10.4. The molecule has 1 fully saturated rings. The maximum atomic E-state index is 11.9. The van der Waals surface area contributed by atoms with Gasteiger partial charge in [-0.25, -0.2) is 0 Å². The Morgan fingerprint density at radius 1 is 1.35 bits per heavy atom. The van der Waals surface area contributed by atoms with Gasteiger partial charge < -0.3 is 4.74 Å². The SMILES string of the molecule is CCOCCCC(=O)C1CC1c1ccccc1. The molecule has 0 aromatic heterocycles. The van der Waals surface area contributed by atoms with Crippen molar-refractivity contribution < 1.29 is 9.53 Å². The second-order valence-electron chi connectivity index (χ2n) is 4.63. The molecule has 92 valence electrons. The molecule has 0 saturated heterocycles. The van der Waals surface area contributed by atoms with Gasteiger partial charge in [0.2, 0.25) is 0 Å². The van der Waals surface area contributed by atoms with Gasteiger partial charge in [0.25, 0.3) is 0 Å². The number of ether oxygens (including phenoxy) is 1. The Morgan fingerprint density at radius 3 is 2.82 bits per heavy atom. The Hall–Kier alpha value is -1.15. The van der Waals surface area contributed by atoms with E-state index in [-0.39, 0.29) is 5.92 Å².